The van der Waals surface area contributed by atoms with Crippen LogP contribution >= 0.6 is 0 Å². The third-order valence-corrected chi connectivity index (χ3v) is 1.89. The molecule has 0 aromatic carbocycles. The van der Waals surface area contributed by atoms with Gasteiger partial charge < -0.3 is 14.7 Å². The summed E-state index contributed by atoms with van der Waals surface area (Å²) in [7, 11) is 0. The Bertz CT molecular complexity index is 212. The van der Waals surface area contributed by atoms with Crippen molar-refractivity contribution in [2.75, 3.05) is 6.54 Å². The highest BCUT2D eigenvalue weighted by atomic mass is 16.8. The zero-order valence-electron chi connectivity index (χ0n) is 6.61. The molecule has 4 heteroatoms. The van der Waals surface area contributed by atoms with Gasteiger partial charge in [-0.3, -0.25) is 0 Å². The van der Waals surface area contributed by atoms with Gasteiger partial charge >= 0.3 is 0 Å². The van der Waals surface area contributed by atoms with Crippen molar-refractivity contribution in [3.8, 4) is 0 Å². The molecule has 2 atom stereocenters. The van der Waals surface area contributed by atoms with Crippen LogP contribution < -0.4 is 0 Å². The summed E-state index contributed by atoms with van der Waals surface area (Å²) in [6, 6.07) is 0. The number of fused-ring (bicyclic) bond motifs is 1. The number of nitrogens with zero attached hydrogens (tertiary/aromatic N) is 1. The van der Waals surface area contributed by atoms with Crippen molar-refractivity contribution < 1.29 is 14.2 Å². The van der Waals surface area contributed by atoms with Crippen molar-refractivity contribution in [2.45, 2.75) is 31.8 Å². The lowest BCUT2D eigenvalue weighted by Crippen LogP contribution is -2.24. The highest BCUT2D eigenvalue weighted by Crippen LogP contribution is 2.29. The van der Waals surface area contributed by atoms with Crippen LogP contribution in [0.1, 0.15) is 13.8 Å². The average Bonchev–Trinajstić information content (AvgIpc) is 2.17. The first kappa shape index (κ1) is 7.06. The van der Waals surface area contributed by atoms with Crippen LogP contribution in [-0.2, 0) is 9.47 Å². The van der Waals surface area contributed by atoms with E-state index in [0.29, 0.717) is 6.54 Å². The minimum absolute atomic E-state index is 0.0671. The van der Waals surface area contributed by atoms with E-state index in [1.807, 2.05) is 13.8 Å². The highest BCUT2D eigenvalue weighted by Gasteiger charge is 2.47. The molecule has 0 amide bonds. The summed E-state index contributed by atoms with van der Waals surface area (Å²) in [6.07, 6.45) is 1.32. The lowest BCUT2D eigenvalue weighted by molar-refractivity contribution is -0.456. The van der Waals surface area contributed by atoms with E-state index in [0.717, 1.165) is 4.74 Å². The summed E-state index contributed by atoms with van der Waals surface area (Å²) in [5.41, 5.74) is 0. The Hall–Kier alpha value is -0.610. The molecule has 0 bridgehead atoms. The van der Waals surface area contributed by atoms with Gasteiger partial charge in [-0.1, -0.05) is 0 Å². The molecule has 0 spiro atoms. The second kappa shape index (κ2) is 1.95. The SMILES string of the molecule is CC1(C)O[C@H]2C=[N+]([O-])C[C@@H]2O1. The van der Waals surface area contributed by atoms with Crippen LogP contribution in [0.5, 0.6) is 0 Å². The standard InChI is InChI=1S/C7H11NO3/c1-7(2)10-5-3-8(9)4-6(5)11-7/h3,5-6H,4H2,1-2H3/t5-,6-/m0/s1. The molecule has 0 N–H and O–H groups in total. The topological polar surface area (TPSA) is 44.5 Å². The molecule has 0 radical (unpaired) electrons. The van der Waals surface area contributed by atoms with Gasteiger partial charge in [-0.2, -0.15) is 0 Å². The van der Waals surface area contributed by atoms with Gasteiger partial charge in [0.05, 0.1) is 0 Å². The maximum Gasteiger partial charge on any atom is 0.183 e. The zero-order valence-corrected chi connectivity index (χ0v) is 6.61. The van der Waals surface area contributed by atoms with Gasteiger partial charge in [0.2, 0.25) is 0 Å². The summed E-state index contributed by atoms with van der Waals surface area (Å²) >= 11 is 0. The Kier molecular flexibility index (Phi) is 1.25. The number of rotatable bonds is 0. The van der Waals surface area contributed by atoms with Gasteiger partial charge in [-0.15, -0.1) is 0 Å². The van der Waals surface area contributed by atoms with Crippen molar-refractivity contribution in [3.63, 3.8) is 0 Å². The summed E-state index contributed by atoms with van der Waals surface area (Å²) in [5, 5.41) is 10.8. The fourth-order valence-electron chi connectivity index (χ4n) is 1.53. The van der Waals surface area contributed by atoms with E-state index in [9.17, 15) is 5.21 Å². The second-order valence-corrected chi connectivity index (χ2v) is 3.39. The molecule has 2 rings (SSSR count). The third-order valence-electron chi connectivity index (χ3n) is 1.89. The third kappa shape index (κ3) is 1.12. The normalized spacial score (nSPS) is 40.4. The predicted octanol–water partition coefficient (Wildman–Crippen LogP) is 0.101. The Balaban J connectivity index is 2.13. The molecule has 11 heavy (non-hydrogen) atoms. The first-order valence-electron chi connectivity index (χ1n) is 3.71. The van der Waals surface area contributed by atoms with Crippen LogP contribution in [0.4, 0.5) is 0 Å². The van der Waals surface area contributed by atoms with Crippen molar-refractivity contribution in [2.24, 2.45) is 0 Å². The molecule has 2 heterocycles. The summed E-state index contributed by atoms with van der Waals surface area (Å²) in [6.45, 7) is 4.11. The molecule has 1 saturated heterocycles. The van der Waals surface area contributed by atoms with Gasteiger partial charge in [-0.05, 0) is 13.8 Å². The van der Waals surface area contributed by atoms with Gasteiger partial charge in [0.25, 0.3) is 0 Å². The van der Waals surface area contributed by atoms with Gasteiger partial charge in [0, 0.05) is 0 Å². The Morgan fingerprint density at radius 2 is 2.27 bits per heavy atom. The van der Waals surface area contributed by atoms with Crippen LogP contribution in [0, 0.1) is 5.21 Å². The first-order valence-corrected chi connectivity index (χ1v) is 3.71. The van der Waals surface area contributed by atoms with Crippen LogP contribution in [0.2, 0.25) is 0 Å². The van der Waals surface area contributed by atoms with Crippen molar-refractivity contribution in [3.05, 3.63) is 5.21 Å². The van der Waals surface area contributed by atoms with E-state index in [-0.39, 0.29) is 12.2 Å². The molecule has 0 unspecified atom stereocenters. The Morgan fingerprint density at radius 3 is 2.91 bits per heavy atom. The van der Waals surface area contributed by atoms with Crippen molar-refractivity contribution >= 4 is 6.21 Å². The molecule has 0 aliphatic carbocycles. The van der Waals surface area contributed by atoms with E-state index in [2.05, 4.69) is 0 Å². The zero-order chi connectivity index (χ0) is 8.06. The van der Waals surface area contributed by atoms with Gasteiger partial charge in [0.15, 0.2) is 30.8 Å². The lowest BCUT2D eigenvalue weighted by Gasteiger charge is -2.16. The number of hydroxylamine groups is 1. The Morgan fingerprint density at radius 1 is 1.55 bits per heavy atom. The van der Waals surface area contributed by atoms with E-state index >= 15 is 0 Å². The van der Waals surface area contributed by atoms with Crippen molar-refractivity contribution in [1.82, 2.24) is 0 Å². The summed E-state index contributed by atoms with van der Waals surface area (Å²) < 4.78 is 11.7. The van der Waals surface area contributed by atoms with Crippen LogP contribution in [-0.4, -0.2) is 35.5 Å². The Labute approximate surface area is 65.0 Å². The minimum atomic E-state index is -0.521. The lowest BCUT2D eigenvalue weighted by atomic mass is 10.3. The molecule has 4 nitrogen and oxygen atoms in total. The van der Waals surface area contributed by atoms with E-state index < -0.39 is 5.79 Å². The molecule has 2 aliphatic rings. The maximum absolute atomic E-state index is 10.8. The molecule has 62 valence electrons. The predicted molar refractivity (Wildman–Crippen MR) is 38.4 cm³/mol. The molecule has 2 aliphatic heterocycles. The molecule has 0 aromatic heterocycles. The highest BCUT2D eigenvalue weighted by molar-refractivity contribution is 5.61. The summed E-state index contributed by atoms with van der Waals surface area (Å²) in [4.78, 5) is 0. The molecule has 0 saturated carbocycles. The van der Waals surface area contributed by atoms with Crippen LogP contribution in [0.3, 0.4) is 0 Å². The van der Waals surface area contributed by atoms with Crippen LogP contribution in [0.25, 0.3) is 0 Å². The average molecular weight is 157 g/mol. The van der Waals surface area contributed by atoms with Gasteiger partial charge in [0.1, 0.15) is 0 Å². The van der Waals surface area contributed by atoms with E-state index in [4.69, 9.17) is 9.47 Å². The quantitative estimate of drug-likeness (QED) is 0.370. The molecular formula is C7H11NO3. The van der Waals surface area contributed by atoms with Crippen LogP contribution in [0.15, 0.2) is 0 Å². The van der Waals surface area contributed by atoms with Crippen molar-refractivity contribution in [1.29, 1.82) is 0 Å². The number of hydrogen-bond donors (Lipinski definition) is 0. The minimum Gasteiger partial charge on any atom is -0.624 e. The maximum atomic E-state index is 10.8. The van der Waals surface area contributed by atoms with E-state index in [1.165, 1.54) is 6.21 Å². The number of hydrogen-bond acceptors (Lipinski definition) is 3. The largest absolute Gasteiger partial charge is 0.624 e. The summed E-state index contributed by atoms with van der Waals surface area (Å²) in [5.74, 6) is -0.521. The van der Waals surface area contributed by atoms with E-state index in [1.54, 1.807) is 0 Å². The number of ether oxygens (including phenoxy) is 2. The second-order valence-electron chi connectivity index (χ2n) is 3.39. The van der Waals surface area contributed by atoms with Gasteiger partial charge in [-0.25, -0.2) is 4.74 Å². The monoisotopic (exact) mass is 157 g/mol. The fraction of sp³-hybridized carbons (Fsp3) is 0.857. The smallest absolute Gasteiger partial charge is 0.183 e. The molecule has 0 aromatic rings. The first-order chi connectivity index (χ1) is 5.07. The molecular weight excluding hydrogens is 146 g/mol. The fourth-order valence-corrected chi connectivity index (χ4v) is 1.53. The molecule has 1 fully saturated rings.